The van der Waals surface area contributed by atoms with Crippen LogP contribution in [0.25, 0.3) is 0 Å². The summed E-state index contributed by atoms with van der Waals surface area (Å²) in [5, 5.41) is 10.6. The molecule has 1 rings (SSSR count). The van der Waals surface area contributed by atoms with E-state index in [-0.39, 0.29) is 6.61 Å². The number of methoxy groups -OCH3 is 2. The van der Waals surface area contributed by atoms with E-state index in [0.717, 1.165) is 5.56 Å². The fraction of sp³-hybridized carbons (Fsp3) is 0.571. The summed E-state index contributed by atoms with van der Waals surface area (Å²) in [5.74, 6) is 0.677. The molecule has 4 nitrogen and oxygen atoms in total. The second-order valence-electron chi connectivity index (χ2n) is 4.16. The van der Waals surface area contributed by atoms with Crippen molar-refractivity contribution < 1.29 is 19.3 Å². The minimum absolute atomic E-state index is 0.244. The molecule has 102 valence electrons. The molecule has 1 unspecified atom stereocenters. The average Bonchev–Trinajstić information content (AvgIpc) is 2.40. The molecule has 0 fully saturated rings. The van der Waals surface area contributed by atoms with E-state index in [0.29, 0.717) is 25.4 Å². The van der Waals surface area contributed by atoms with E-state index >= 15 is 0 Å². The Labute approximate surface area is 108 Å². The molecule has 18 heavy (non-hydrogen) atoms. The Morgan fingerprint density at radius 3 is 2.44 bits per heavy atom. The monoisotopic (exact) mass is 254 g/mol. The van der Waals surface area contributed by atoms with Gasteiger partial charge in [-0.05, 0) is 12.5 Å². The van der Waals surface area contributed by atoms with E-state index in [1.807, 2.05) is 31.2 Å². The molecule has 1 aromatic carbocycles. The maximum Gasteiger partial charge on any atom is 0.125 e. The number of hydrogen-bond donors (Lipinski definition) is 1. The van der Waals surface area contributed by atoms with Crippen LogP contribution < -0.4 is 4.74 Å². The maximum atomic E-state index is 10.6. The fourth-order valence-electron chi connectivity index (χ4n) is 1.82. The predicted octanol–water partition coefficient (Wildman–Crippen LogP) is 1.96. The molecule has 0 saturated heterocycles. The molecule has 0 saturated carbocycles. The van der Waals surface area contributed by atoms with E-state index < -0.39 is 5.60 Å². The second kappa shape index (κ2) is 7.36. The molecule has 0 aliphatic carbocycles. The molecule has 0 spiro atoms. The maximum absolute atomic E-state index is 10.6. The summed E-state index contributed by atoms with van der Waals surface area (Å²) in [6.45, 7) is 3.14. The zero-order valence-corrected chi connectivity index (χ0v) is 11.3. The summed E-state index contributed by atoms with van der Waals surface area (Å²) in [6.07, 6.45) is 0.561. The van der Waals surface area contributed by atoms with Crippen molar-refractivity contribution in [1.82, 2.24) is 0 Å². The first-order valence-electron chi connectivity index (χ1n) is 6.10. The Kier molecular flexibility index (Phi) is 6.12. The molecule has 1 aromatic rings. The number of hydrogen-bond acceptors (Lipinski definition) is 4. The van der Waals surface area contributed by atoms with Crippen molar-refractivity contribution in [2.45, 2.75) is 18.9 Å². The summed E-state index contributed by atoms with van der Waals surface area (Å²) in [6, 6.07) is 7.48. The molecule has 0 heterocycles. The van der Waals surface area contributed by atoms with Gasteiger partial charge in [0.1, 0.15) is 18.0 Å². The van der Waals surface area contributed by atoms with Crippen molar-refractivity contribution in [1.29, 1.82) is 0 Å². The number of rotatable bonds is 8. The van der Waals surface area contributed by atoms with Gasteiger partial charge in [0.15, 0.2) is 0 Å². The fourth-order valence-corrected chi connectivity index (χ4v) is 1.82. The van der Waals surface area contributed by atoms with Crippen molar-refractivity contribution in [3.05, 3.63) is 29.8 Å². The highest BCUT2D eigenvalue weighted by Gasteiger charge is 2.30. The van der Waals surface area contributed by atoms with Crippen LogP contribution in [0.15, 0.2) is 24.3 Å². The Bertz CT molecular complexity index is 353. The number of aliphatic hydroxyl groups is 1. The molecule has 0 amide bonds. The van der Waals surface area contributed by atoms with Gasteiger partial charge in [-0.25, -0.2) is 0 Å². The molecule has 0 aliphatic heterocycles. The topological polar surface area (TPSA) is 47.9 Å². The van der Waals surface area contributed by atoms with Gasteiger partial charge in [0.2, 0.25) is 0 Å². The smallest absolute Gasteiger partial charge is 0.125 e. The van der Waals surface area contributed by atoms with Crippen LogP contribution in [0.1, 0.15) is 18.9 Å². The van der Waals surface area contributed by atoms with Crippen LogP contribution in [0.5, 0.6) is 5.75 Å². The van der Waals surface area contributed by atoms with Crippen molar-refractivity contribution in [3.8, 4) is 5.75 Å². The highest BCUT2D eigenvalue weighted by Crippen LogP contribution is 2.32. The molecule has 0 aliphatic rings. The Morgan fingerprint density at radius 1 is 1.11 bits per heavy atom. The minimum Gasteiger partial charge on any atom is -0.491 e. The first-order chi connectivity index (χ1) is 8.68. The predicted molar refractivity (Wildman–Crippen MR) is 69.9 cm³/mol. The van der Waals surface area contributed by atoms with Crippen LogP contribution in [-0.2, 0) is 15.1 Å². The quantitative estimate of drug-likeness (QED) is 0.720. The van der Waals surface area contributed by atoms with Gasteiger partial charge in [-0.15, -0.1) is 0 Å². The van der Waals surface area contributed by atoms with Crippen LogP contribution in [0.3, 0.4) is 0 Å². The number of para-hydroxylation sites is 1. The van der Waals surface area contributed by atoms with Crippen molar-refractivity contribution in [2.75, 3.05) is 34.0 Å². The Balaban J connectivity index is 2.91. The zero-order valence-electron chi connectivity index (χ0n) is 11.3. The lowest BCUT2D eigenvalue weighted by Crippen LogP contribution is -2.31. The van der Waals surface area contributed by atoms with Crippen LogP contribution in [0.2, 0.25) is 0 Å². The van der Waals surface area contributed by atoms with E-state index in [4.69, 9.17) is 14.2 Å². The summed E-state index contributed by atoms with van der Waals surface area (Å²) >= 11 is 0. The third-order valence-corrected chi connectivity index (χ3v) is 2.90. The van der Waals surface area contributed by atoms with Gasteiger partial charge >= 0.3 is 0 Å². The summed E-state index contributed by atoms with van der Waals surface area (Å²) < 4.78 is 15.7. The zero-order chi connectivity index (χ0) is 13.4. The van der Waals surface area contributed by atoms with Gasteiger partial charge in [-0.3, -0.25) is 0 Å². The molecular weight excluding hydrogens is 232 g/mol. The third-order valence-electron chi connectivity index (χ3n) is 2.90. The van der Waals surface area contributed by atoms with Crippen LogP contribution in [0, 0.1) is 0 Å². The molecule has 1 atom stereocenters. The molecule has 1 N–H and O–H groups in total. The summed E-state index contributed by atoms with van der Waals surface area (Å²) in [5.41, 5.74) is -0.260. The lowest BCUT2D eigenvalue weighted by Gasteiger charge is -2.28. The first kappa shape index (κ1) is 15.0. The summed E-state index contributed by atoms with van der Waals surface area (Å²) in [4.78, 5) is 0. The van der Waals surface area contributed by atoms with Crippen molar-refractivity contribution in [2.24, 2.45) is 0 Å². The largest absolute Gasteiger partial charge is 0.491 e. The number of benzene rings is 1. The van der Waals surface area contributed by atoms with Crippen LogP contribution in [-0.4, -0.2) is 39.1 Å². The first-order valence-corrected chi connectivity index (χ1v) is 6.10. The van der Waals surface area contributed by atoms with E-state index in [1.54, 1.807) is 14.2 Å². The standard InChI is InChI=1S/C14H22O4/c1-4-14(15,11-17-3)12-7-5-6-8-13(12)18-10-9-16-2/h5-8,15H,4,9-11H2,1-3H3. The molecule has 0 bridgehead atoms. The van der Waals surface area contributed by atoms with Crippen molar-refractivity contribution >= 4 is 0 Å². The summed E-state index contributed by atoms with van der Waals surface area (Å²) in [7, 11) is 3.21. The highest BCUT2D eigenvalue weighted by atomic mass is 16.5. The van der Waals surface area contributed by atoms with Gasteiger partial charge in [-0.2, -0.15) is 0 Å². The lowest BCUT2D eigenvalue weighted by molar-refractivity contribution is -0.0405. The lowest BCUT2D eigenvalue weighted by atomic mass is 9.91. The van der Waals surface area contributed by atoms with E-state index in [2.05, 4.69) is 0 Å². The molecule has 0 aromatic heterocycles. The molecule has 0 radical (unpaired) electrons. The Hall–Kier alpha value is -1.10. The molecule has 4 heteroatoms. The van der Waals surface area contributed by atoms with Gasteiger partial charge in [0.05, 0.1) is 13.2 Å². The average molecular weight is 254 g/mol. The third kappa shape index (κ3) is 3.70. The normalized spacial score (nSPS) is 14.2. The number of ether oxygens (including phenoxy) is 3. The highest BCUT2D eigenvalue weighted by molar-refractivity contribution is 5.38. The van der Waals surface area contributed by atoms with Crippen LogP contribution >= 0.6 is 0 Å². The second-order valence-corrected chi connectivity index (χ2v) is 4.16. The molecular formula is C14H22O4. The Morgan fingerprint density at radius 2 is 1.83 bits per heavy atom. The van der Waals surface area contributed by atoms with E-state index in [1.165, 1.54) is 0 Å². The van der Waals surface area contributed by atoms with Crippen molar-refractivity contribution in [3.63, 3.8) is 0 Å². The SMILES string of the molecule is CCC(O)(COC)c1ccccc1OCCOC. The van der Waals surface area contributed by atoms with Gasteiger partial charge in [-0.1, -0.05) is 25.1 Å². The van der Waals surface area contributed by atoms with Gasteiger partial charge in [0, 0.05) is 19.8 Å². The minimum atomic E-state index is -1.02. The van der Waals surface area contributed by atoms with Gasteiger partial charge < -0.3 is 19.3 Å². The van der Waals surface area contributed by atoms with Crippen LogP contribution in [0.4, 0.5) is 0 Å². The van der Waals surface area contributed by atoms with Gasteiger partial charge in [0.25, 0.3) is 0 Å². The van der Waals surface area contributed by atoms with E-state index in [9.17, 15) is 5.11 Å².